The summed E-state index contributed by atoms with van der Waals surface area (Å²) in [7, 11) is 0. The number of aromatic nitrogens is 3. The number of hydrogen-bond acceptors (Lipinski definition) is 4. The molecule has 0 spiro atoms. The highest BCUT2D eigenvalue weighted by molar-refractivity contribution is 5.75. The molecule has 2 aromatic rings. The SMILES string of the molecule is CC(CNC(=O)Cn1cc(CN)nn1)c1ccccc1. The molecule has 2 rings (SSSR count). The van der Waals surface area contributed by atoms with E-state index >= 15 is 0 Å². The molecule has 0 bridgehead atoms. The molecule has 6 heteroatoms. The number of nitrogens with one attached hydrogen (secondary N) is 1. The van der Waals surface area contributed by atoms with Crippen molar-refractivity contribution < 1.29 is 4.79 Å². The number of rotatable bonds is 6. The molecule has 106 valence electrons. The van der Waals surface area contributed by atoms with E-state index in [1.807, 2.05) is 18.2 Å². The molecule has 0 aliphatic carbocycles. The molecule has 1 heterocycles. The van der Waals surface area contributed by atoms with Gasteiger partial charge in [-0.25, -0.2) is 4.68 Å². The fraction of sp³-hybridized carbons (Fsp3) is 0.357. The minimum atomic E-state index is -0.0822. The predicted molar refractivity (Wildman–Crippen MR) is 75.8 cm³/mol. The summed E-state index contributed by atoms with van der Waals surface area (Å²) in [5.41, 5.74) is 7.32. The minimum absolute atomic E-state index is 0.0822. The molecule has 0 radical (unpaired) electrons. The van der Waals surface area contributed by atoms with Gasteiger partial charge < -0.3 is 11.1 Å². The summed E-state index contributed by atoms with van der Waals surface area (Å²) in [6.07, 6.45) is 1.68. The van der Waals surface area contributed by atoms with Crippen LogP contribution in [0.5, 0.6) is 0 Å². The van der Waals surface area contributed by atoms with E-state index in [9.17, 15) is 4.79 Å². The lowest BCUT2D eigenvalue weighted by Crippen LogP contribution is -2.30. The molecule has 20 heavy (non-hydrogen) atoms. The van der Waals surface area contributed by atoms with E-state index in [4.69, 9.17) is 5.73 Å². The van der Waals surface area contributed by atoms with Crippen molar-refractivity contribution in [1.82, 2.24) is 20.3 Å². The molecule has 1 unspecified atom stereocenters. The monoisotopic (exact) mass is 273 g/mol. The molecule has 0 aliphatic rings. The Morgan fingerprint density at radius 1 is 1.40 bits per heavy atom. The molecule has 0 fully saturated rings. The highest BCUT2D eigenvalue weighted by Crippen LogP contribution is 2.12. The molecule has 0 saturated heterocycles. The Balaban J connectivity index is 1.80. The average molecular weight is 273 g/mol. The van der Waals surface area contributed by atoms with Crippen molar-refractivity contribution in [3.05, 3.63) is 47.8 Å². The molecule has 3 N–H and O–H groups in total. The lowest BCUT2D eigenvalue weighted by molar-refractivity contribution is -0.121. The standard InChI is InChI=1S/C14H19N5O/c1-11(12-5-3-2-4-6-12)8-16-14(20)10-19-9-13(7-15)17-18-19/h2-6,9,11H,7-8,10,15H2,1H3,(H,16,20). The van der Waals surface area contributed by atoms with Crippen LogP contribution in [-0.4, -0.2) is 27.4 Å². The van der Waals surface area contributed by atoms with Crippen LogP contribution in [0.15, 0.2) is 36.5 Å². The van der Waals surface area contributed by atoms with Crippen LogP contribution in [-0.2, 0) is 17.9 Å². The van der Waals surface area contributed by atoms with Crippen LogP contribution in [0.25, 0.3) is 0 Å². The highest BCUT2D eigenvalue weighted by Gasteiger charge is 2.09. The molecule has 1 aromatic carbocycles. The van der Waals surface area contributed by atoms with Gasteiger partial charge in [-0.2, -0.15) is 0 Å². The summed E-state index contributed by atoms with van der Waals surface area (Å²) in [4.78, 5) is 11.8. The molecule has 6 nitrogen and oxygen atoms in total. The maximum absolute atomic E-state index is 11.8. The van der Waals surface area contributed by atoms with Gasteiger partial charge in [0.2, 0.25) is 5.91 Å². The highest BCUT2D eigenvalue weighted by atomic mass is 16.2. The second-order valence-electron chi connectivity index (χ2n) is 4.73. The van der Waals surface area contributed by atoms with Gasteiger partial charge in [0.25, 0.3) is 0 Å². The van der Waals surface area contributed by atoms with Gasteiger partial charge in [0.05, 0.1) is 11.9 Å². The van der Waals surface area contributed by atoms with E-state index in [1.165, 1.54) is 10.2 Å². The van der Waals surface area contributed by atoms with Crippen molar-refractivity contribution in [2.24, 2.45) is 5.73 Å². The number of benzene rings is 1. The van der Waals surface area contributed by atoms with Crippen molar-refractivity contribution in [2.45, 2.75) is 25.9 Å². The number of carbonyl (C=O) groups excluding carboxylic acids is 1. The van der Waals surface area contributed by atoms with Crippen molar-refractivity contribution >= 4 is 5.91 Å². The van der Waals surface area contributed by atoms with Crippen molar-refractivity contribution in [3.8, 4) is 0 Å². The van der Waals surface area contributed by atoms with Crippen molar-refractivity contribution in [2.75, 3.05) is 6.54 Å². The summed E-state index contributed by atoms with van der Waals surface area (Å²) < 4.78 is 1.49. The Labute approximate surface area is 118 Å². The first-order valence-electron chi connectivity index (χ1n) is 6.59. The van der Waals surface area contributed by atoms with Crippen LogP contribution in [0.1, 0.15) is 24.1 Å². The average Bonchev–Trinajstić information content (AvgIpc) is 2.93. The van der Waals surface area contributed by atoms with E-state index in [1.54, 1.807) is 6.20 Å². The van der Waals surface area contributed by atoms with Crippen LogP contribution in [0, 0.1) is 0 Å². The van der Waals surface area contributed by atoms with Crippen LogP contribution >= 0.6 is 0 Å². The third kappa shape index (κ3) is 3.89. The maximum atomic E-state index is 11.8. The lowest BCUT2D eigenvalue weighted by atomic mass is 10.0. The molecule has 1 atom stereocenters. The molecule has 0 aliphatic heterocycles. The largest absolute Gasteiger partial charge is 0.354 e. The third-order valence-electron chi connectivity index (χ3n) is 3.07. The molecule has 0 saturated carbocycles. The van der Waals surface area contributed by atoms with Gasteiger partial charge in [-0.15, -0.1) is 5.10 Å². The van der Waals surface area contributed by atoms with E-state index in [0.717, 1.165) is 0 Å². The number of nitrogens with zero attached hydrogens (tertiary/aromatic N) is 3. The summed E-state index contributed by atoms with van der Waals surface area (Å²) in [5, 5.41) is 10.6. The molecular weight excluding hydrogens is 254 g/mol. The number of amides is 1. The van der Waals surface area contributed by atoms with Gasteiger partial charge in [0.15, 0.2) is 0 Å². The third-order valence-corrected chi connectivity index (χ3v) is 3.07. The Bertz CT molecular complexity index is 552. The zero-order valence-corrected chi connectivity index (χ0v) is 11.5. The number of hydrogen-bond donors (Lipinski definition) is 2. The molecule has 1 aromatic heterocycles. The van der Waals surface area contributed by atoms with Gasteiger partial charge in [-0.3, -0.25) is 4.79 Å². The summed E-state index contributed by atoms with van der Waals surface area (Å²) >= 11 is 0. The first kappa shape index (κ1) is 14.2. The van der Waals surface area contributed by atoms with Crippen LogP contribution in [0.3, 0.4) is 0 Å². The van der Waals surface area contributed by atoms with E-state index < -0.39 is 0 Å². The quantitative estimate of drug-likeness (QED) is 0.809. The fourth-order valence-electron chi connectivity index (χ4n) is 1.88. The Morgan fingerprint density at radius 2 is 2.15 bits per heavy atom. The Hall–Kier alpha value is -2.21. The van der Waals surface area contributed by atoms with E-state index in [-0.39, 0.29) is 18.4 Å². The van der Waals surface area contributed by atoms with Crippen molar-refractivity contribution in [1.29, 1.82) is 0 Å². The fourth-order valence-corrected chi connectivity index (χ4v) is 1.88. The predicted octanol–water partition coefficient (Wildman–Crippen LogP) is 0.657. The van der Waals surface area contributed by atoms with Crippen LogP contribution in [0.2, 0.25) is 0 Å². The summed E-state index contributed by atoms with van der Waals surface area (Å²) in [5.74, 6) is 0.191. The minimum Gasteiger partial charge on any atom is -0.354 e. The second-order valence-corrected chi connectivity index (χ2v) is 4.73. The zero-order chi connectivity index (χ0) is 14.4. The zero-order valence-electron chi connectivity index (χ0n) is 11.5. The normalized spacial score (nSPS) is 12.1. The summed E-state index contributed by atoms with van der Waals surface area (Å²) in [6.45, 7) is 3.17. The van der Waals surface area contributed by atoms with Gasteiger partial charge >= 0.3 is 0 Å². The number of nitrogens with two attached hydrogens (primary N) is 1. The second kappa shape index (κ2) is 6.81. The topological polar surface area (TPSA) is 85.8 Å². The van der Waals surface area contributed by atoms with Crippen molar-refractivity contribution in [3.63, 3.8) is 0 Å². The summed E-state index contributed by atoms with van der Waals surface area (Å²) in [6, 6.07) is 10.1. The first-order valence-corrected chi connectivity index (χ1v) is 6.59. The smallest absolute Gasteiger partial charge is 0.241 e. The van der Waals surface area contributed by atoms with Crippen LogP contribution < -0.4 is 11.1 Å². The number of carbonyl (C=O) groups is 1. The van der Waals surface area contributed by atoms with E-state index in [2.05, 4.69) is 34.7 Å². The van der Waals surface area contributed by atoms with Gasteiger partial charge in [-0.05, 0) is 11.5 Å². The maximum Gasteiger partial charge on any atom is 0.241 e. The Kier molecular flexibility index (Phi) is 4.84. The van der Waals surface area contributed by atoms with E-state index in [0.29, 0.717) is 18.8 Å². The molecule has 1 amide bonds. The van der Waals surface area contributed by atoms with Gasteiger partial charge in [0.1, 0.15) is 6.54 Å². The molecular formula is C14H19N5O. The van der Waals surface area contributed by atoms with Gasteiger partial charge in [0, 0.05) is 13.1 Å². The Morgan fingerprint density at radius 3 is 2.80 bits per heavy atom. The lowest BCUT2D eigenvalue weighted by Gasteiger charge is -2.12. The first-order chi connectivity index (χ1) is 9.69. The van der Waals surface area contributed by atoms with Gasteiger partial charge in [-0.1, -0.05) is 42.5 Å². The van der Waals surface area contributed by atoms with Crippen LogP contribution in [0.4, 0.5) is 0 Å².